The molecule has 2 aliphatic carbocycles. The van der Waals surface area contributed by atoms with E-state index in [9.17, 15) is 14.7 Å². The van der Waals surface area contributed by atoms with E-state index in [1.54, 1.807) is 0 Å². The normalized spacial score (nSPS) is 21.0. The number of amides is 1. The first-order chi connectivity index (χ1) is 15.7. The maximum absolute atomic E-state index is 12.9. The first kappa shape index (κ1) is 23.5. The van der Waals surface area contributed by atoms with Gasteiger partial charge in [0, 0.05) is 23.9 Å². The molecule has 4 rings (SSSR count). The first-order valence-electron chi connectivity index (χ1n) is 12.2. The number of aromatic nitrogens is 3. The van der Waals surface area contributed by atoms with Gasteiger partial charge in [-0.3, -0.25) is 9.59 Å². The van der Waals surface area contributed by atoms with Crippen molar-refractivity contribution in [3.8, 4) is 0 Å². The summed E-state index contributed by atoms with van der Waals surface area (Å²) in [5.74, 6) is 0.220. The second-order valence-electron chi connectivity index (χ2n) is 10.6. The standard InChI is InChI=1S/C26H36N4O3/c1-15(2)9-18-11-21(12-18)30-26(19-6-7-19)25(28-29-30)20(14-24(32)33)13-23(31)27-22-8-5-16(3)10-17(22)4/h5,8,10,15,18-21H,6-7,9,11-14H2,1-4H3,(H,27,31)(H,32,33). The Bertz CT molecular complexity index is 1020. The van der Waals surface area contributed by atoms with Crippen LogP contribution in [0, 0.1) is 25.7 Å². The van der Waals surface area contributed by atoms with E-state index in [1.165, 1.54) is 6.42 Å². The van der Waals surface area contributed by atoms with Crippen molar-refractivity contribution >= 4 is 17.6 Å². The molecule has 33 heavy (non-hydrogen) atoms. The number of benzene rings is 1. The molecule has 1 atom stereocenters. The molecule has 0 aliphatic heterocycles. The van der Waals surface area contributed by atoms with E-state index in [1.807, 2.05) is 32.0 Å². The molecule has 2 aromatic rings. The fourth-order valence-corrected chi connectivity index (χ4v) is 5.24. The van der Waals surface area contributed by atoms with Gasteiger partial charge in [-0.25, -0.2) is 4.68 Å². The molecule has 0 spiro atoms. The smallest absolute Gasteiger partial charge is 0.304 e. The first-order valence-corrected chi connectivity index (χ1v) is 12.2. The molecule has 7 nitrogen and oxygen atoms in total. The molecule has 178 valence electrons. The van der Waals surface area contributed by atoms with Gasteiger partial charge in [-0.2, -0.15) is 0 Å². The van der Waals surface area contributed by atoms with E-state index in [4.69, 9.17) is 0 Å². The lowest BCUT2D eigenvalue weighted by Crippen LogP contribution is -2.29. The van der Waals surface area contributed by atoms with Crippen molar-refractivity contribution in [1.82, 2.24) is 15.0 Å². The highest BCUT2D eigenvalue weighted by molar-refractivity contribution is 5.92. The highest BCUT2D eigenvalue weighted by Crippen LogP contribution is 2.48. The van der Waals surface area contributed by atoms with Crippen molar-refractivity contribution in [2.24, 2.45) is 11.8 Å². The zero-order valence-electron chi connectivity index (χ0n) is 20.2. The van der Waals surface area contributed by atoms with Gasteiger partial charge in [-0.05, 0) is 69.4 Å². The van der Waals surface area contributed by atoms with Crippen molar-refractivity contribution in [2.45, 2.75) is 90.5 Å². The van der Waals surface area contributed by atoms with Crippen LogP contribution in [-0.2, 0) is 9.59 Å². The van der Waals surface area contributed by atoms with E-state index in [0.29, 0.717) is 23.6 Å². The number of carboxylic acid groups (broad SMARTS) is 1. The average molecular weight is 453 g/mol. The molecule has 1 unspecified atom stereocenters. The maximum Gasteiger partial charge on any atom is 0.304 e. The summed E-state index contributed by atoms with van der Waals surface area (Å²) >= 11 is 0. The minimum Gasteiger partial charge on any atom is -0.481 e. The van der Waals surface area contributed by atoms with Crippen LogP contribution in [0.3, 0.4) is 0 Å². The van der Waals surface area contributed by atoms with Crippen LogP contribution < -0.4 is 5.32 Å². The van der Waals surface area contributed by atoms with Gasteiger partial charge in [0.05, 0.1) is 23.9 Å². The average Bonchev–Trinajstić information content (AvgIpc) is 3.44. The third-order valence-corrected chi connectivity index (χ3v) is 6.98. The van der Waals surface area contributed by atoms with E-state index < -0.39 is 11.9 Å². The Morgan fingerprint density at radius 2 is 1.91 bits per heavy atom. The number of carboxylic acids is 1. The van der Waals surface area contributed by atoms with Crippen molar-refractivity contribution < 1.29 is 14.7 Å². The number of nitrogens with zero attached hydrogens (tertiary/aromatic N) is 3. The summed E-state index contributed by atoms with van der Waals surface area (Å²) in [6.07, 6.45) is 5.57. The van der Waals surface area contributed by atoms with Crippen LogP contribution in [0.1, 0.15) is 99.2 Å². The van der Waals surface area contributed by atoms with E-state index >= 15 is 0 Å². The third kappa shape index (κ3) is 5.63. The Kier molecular flexibility index (Phi) is 6.86. The number of carbonyl (C=O) groups is 2. The van der Waals surface area contributed by atoms with Gasteiger partial charge in [0.25, 0.3) is 0 Å². The Hall–Kier alpha value is -2.70. The number of nitrogens with one attached hydrogen (secondary N) is 1. The van der Waals surface area contributed by atoms with Gasteiger partial charge < -0.3 is 10.4 Å². The molecule has 2 saturated carbocycles. The third-order valence-electron chi connectivity index (χ3n) is 6.98. The Morgan fingerprint density at radius 1 is 1.18 bits per heavy atom. The largest absolute Gasteiger partial charge is 0.481 e. The molecular weight excluding hydrogens is 416 g/mol. The molecule has 0 bridgehead atoms. The summed E-state index contributed by atoms with van der Waals surface area (Å²) in [6, 6.07) is 6.22. The summed E-state index contributed by atoms with van der Waals surface area (Å²) in [6.45, 7) is 8.49. The monoisotopic (exact) mass is 452 g/mol. The second-order valence-corrected chi connectivity index (χ2v) is 10.6. The van der Waals surface area contributed by atoms with E-state index in [2.05, 4.69) is 34.2 Å². The molecule has 2 N–H and O–H groups in total. The number of carbonyl (C=O) groups excluding carboxylic acids is 1. The zero-order chi connectivity index (χ0) is 23.7. The Labute approximate surface area is 196 Å². The molecule has 1 amide bonds. The number of aliphatic carboxylic acids is 1. The lowest BCUT2D eigenvalue weighted by Gasteiger charge is -2.37. The van der Waals surface area contributed by atoms with Gasteiger partial charge in [0.2, 0.25) is 5.91 Å². The molecule has 2 aliphatic rings. The van der Waals surface area contributed by atoms with Crippen molar-refractivity contribution in [2.75, 3.05) is 5.32 Å². The number of hydrogen-bond donors (Lipinski definition) is 2. The number of anilines is 1. The van der Waals surface area contributed by atoms with Gasteiger partial charge in [0.1, 0.15) is 0 Å². The Balaban J connectivity index is 1.52. The number of aryl methyl sites for hydroxylation is 2. The van der Waals surface area contributed by atoms with Crippen LogP contribution in [0.15, 0.2) is 18.2 Å². The van der Waals surface area contributed by atoms with Gasteiger partial charge >= 0.3 is 5.97 Å². The van der Waals surface area contributed by atoms with Crippen LogP contribution in [0.4, 0.5) is 5.69 Å². The minimum atomic E-state index is -0.920. The van der Waals surface area contributed by atoms with E-state index in [-0.39, 0.29) is 18.7 Å². The molecule has 0 saturated heterocycles. The second kappa shape index (κ2) is 9.65. The van der Waals surface area contributed by atoms with Crippen LogP contribution in [0.5, 0.6) is 0 Å². The summed E-state index contributed by atoms with van der Waals surface area (Å²) < 4.78 is 2.07. The maximum atomic E-state index is 12.9. The molecule has 1 aromatic heterocycles. The van der Waals surface area contributed by atoms with Gasteiger partial charge in [-0.15, -0.1) is 5.10 Å². The zero-order valence-corrected chi connectivity index (χ0v) is 20.2. The molecule has 2 fully saturated rings. The van der Waals surface area contributed by atoms with Crippen LogP contribution in [0.2, 0.25) is 0 Å². The number of rotatable bonds is 10. The minimum absolute atomic E-state index is 0.0820. The fourth-order valence-electron chi connectivity index (χ4n) is 5.24. The topological polar surface area (TPSA) is 97.1 Å². The van der Waals surface area contributed by atoms with Crippen molar-refractivity contribution in [3.05, 3.63) is 40.7 Å². The predicted octanol–water partition coefficient (Wildman–Crippen LogP) is 5.36. The van der Waals surface area contributed by atoms with Gasteiger partial charge in [-0.1, -0.05) is 36.8 Å². The quantitative estimate of drug-likeness (QED) is 0.506. The number of hydrogen-bond acceptors (Lipinski definition) is 4. The lowest BCUT2D eigenvalue weighted by atomic mass is 9.75. The highest BCUT2D eigenvalue weighted by Gasteiger charge is 2.40. The molecular formula is C26H36N4O3. The van der Waals surface area contributed by atoms with Crippen LogP contribution in [-0.4, -0.2) is 32.0 Å². The van der Waals surface area contributed by atoms with E-state index in [0.717, 1.165) is 54.1 Å². The van der Waals surface area contributed by atoms with Crippen molar-refractivity contribution in [1.29, 1.82) is 0 Å². The summed E-state index contributed by atoms with van der Waals surface area (Å²) in [7, 11) is 0. The Morgan fingerprint density at radius 3 is 2.52 bits per heavy atom. The molecule has 0 radical (unpaired) electrons. The molecule has 1 aromatic carbocycles. The summed E-state index contributed by atoms with van der Waals surface area (Å²) in [4.78, 5) is 24.6. The highest BCUT2D eigenvalue weighted by atomic mass is 16.4. The SMILES string of the molecule is Cc1ccc(NC(=O)CC(CC(=O)O)c2nnn(C3CC(CC(C)C)C3)c2C2CC2)c(C)c1. The van der Waals surface area contributed by atoms with Crippen LogP contribution >= 0.6 is 0 Å². The van der Waals surface area contributed by atoms with Crippen molar-refractivity contribution in [3.63, 3.8) is 0 Å². The fraction of sp³-hybridized carbons (Fsp3) is 0.615. The lowest BCUT2D eigenvalue weighted by molar-refractivity contribution is -0.137. The molecule has 7 heteroatoms. The predicted molar refractivity (Wildman–Crippen MR) is 127 cm³/mol. The summed E-state index contributed by atoms with van der Waals surface area (Å²) in [5.41, 5.74) is 4.67. The van der Waals surface area contributed by atoms with Crippen LogP contribution in [0.25, 0.3) is 0 Å². The molecule has 1 heterocycles. The van der Waals surface area contributed by atoms with Gasteiger partial charge in [0.15, 0.2) is 0 Å². The summed E-state index contributed by atoms with van der Waals surface area (Å²) in [5, 5.41) is 21.5.